The van der Waals surface area contributed by atoms with Crippen molar-refractivity contribution in [3.05, 3.63) is 106 Å². The van der Waals surface area contributed by atoms with Crippen LogP contribution >= 0.6 is 0 Å². The van der Waals surface area contributed by atoms with Crippen LogP contribution in [0.3, 0.4) is 0 Å². The molecule has 1 aliphatic carbocycles. The van der Waals surface area contributed by atoms with Crippen molar-refractivity contribution in [2.45, 2.75) is 18.6 Å². The summed E-state index contributed by atoms with van der Waals surface area (Å²) in [4.78, 5) is 15.3. The summed E-state index contributed by atoms with van der Waals surface area (Å²) in [5, 5.41) is 6.34. The van der Waals surface area contributed by atoms with Gasteiger partial charge in [0.2, 0.25) is 0 Å². The molecular weight excluding hydrogens is 404 g/mol. The van der Waals surface area contributed by atoms with Crippen LogP contribution in [-0.2, 0) is 16.1 Å². The van der Waals surface area contributed by atoms with Crippen molar-refractivity contribution < 1.29 is 14.3 Å². The van der Waals surface area contributed by atoms with E-state index in [-0.39, 0.29) is 25.7 Å². The highest BCUT2D eigenvalue weighted by Gasteiger charge is 2.29. The van der Waals surface area contributed by atoms with E-state index in [0.29, 0.717) is 6.61 Å². The highest BCUT2D eigenvalue weighted by atomic mass is 16.5. The zero-order chi connectivity index (χ0) is 22.2. The lowest BCUT2D eigenvalue weighted by Gasteiger charge is -2.19. The normalized spacial score (nSPS) is 12.9. The fraction of sp³-hybridized carbons (Fsp3) is 0.240. The standard InChI is InChI=1S/C25H24N4O3/c26-29-27-14-19(16-31-15-18-8-2-1-3-9-18)28-25(30)32-17-24-22-12-6-4-10-20(22)21-11-5-7-13-23(21)24/h1-13,19,24H,14-17H2,(H,28,30)/t19-/m1/s1. The lowest BCUT2D eigenvalue weighted by molar-refractivity contribution is 0.0915. The highest BCUT2D eigenvalue weighted by molar-refractivity contribution is 5.79. The zero-order valence-corrected chi connectivity index (χ0v) is 17.6. The summed E-state index contributed by atoms with van der Waals surface area (Å²) < 4.78 is 11.3. The maximum absolute atomic E-state index is 12.5. The first-order valence-corrected chi connectivity index (χ1v) is 10.5. The number of ether oxygens (including phenoxy) is 2. The van der Waals surface area contributed by atoms with Crippen LogP contribution < -0.4 is 5.32 Å². The number of azide groups is 1. The maximum atomic E-state index is 12.5. The maximum Gasteiger partial charge on any atom is 0.407 e. The molecule has 3 aromatic carbocycles. The monoisotopic (exact) mass is 428 g/mol. The predicted molar refractivity (Wildman–Crippen MR) is 122 cm³/mol. The molecule has 7 heteroatoms. The molecular formula is C25H24N4O3. The molecule has 0 bridgehead atoms. The molecule has 0 fully saturated rings. The molecule has 32 heavy (non-hydrogen) atoms. The van der Waals surface area contributed by atoms with E-state index in [1.165, 1.54) is 11.1 Å². The third kappa shape index (κ3) is 5.09. The highest BCUT2D eigenvalue weighted by Crippen LogP contribution is 2.44. The van der Waals surface area contributed by atoms with Crippen LogP contribution in [0.15, 0.2) is 84.0 Å². The Balaban J connectivity index is 1.34. The van der Waals surface area contributed by atoms with Crippen molar-refractivity contribution in [1.82, 2.24) is 5.32 Å². The average molecular weight is 428 g/mol. The number of nitrogens with zero attached hydrogens (tertiary/aromatic N) is 3. The molecule has 1 amide bonds. The third-order valence-electron chi connectivity index (χ3n) is 5.46. The average Bonchev–Trinajstić information content (AvgIpc) is 3.15. The van der Waals surface area contributed by atoms with Crippen molar-refractivity contribution in [1.29, 1.82) is 0 Å². The van der Waals surface area contributed by atoms with Crippen molar-refractivity contribution >= 4 is 6.09 Å². The number of hydrogen-bond acceptors (Lipinski definition) is 4. The number of alkyl carbamates (subject to hydrolysis) is 1. The summed E-state index contributed by atoms with van der Waals surface area (Å²) in [5.74, 6) is -0.0157. The number of carbonyl (C=O) groups excluding carboxylic acids is 1. The summed E-state index contributed by atoms with van der Waals surface area (Å²) in [6.07, 6.45) is -0.562. The van der Waals surface area contributed by atoms with Crippen LogP contribution in [-0.4, -0.2) is 31.9 Å². The second-order valence-electron chi connectivity index (χ2n) is 7.58. The van der Waals surface area contributed by atoms with E-state index in [1.807, 2.05) is 54.6 Å². The minimum Gasteiger partial charge on any atom is -0.449 e. The van der Waals surface area contributed by atoms with Crippen LogP contribution in [0.2, 0.25) is 0 Å². The molecule has 7 nitrogen and oxygen atoms in total. The molecule has 4 rings (SSSR count). The van der Waals surface area contributed by atoms with Gasteiger partial charge in [-0.2, -0.15) is 0 Å². The molecule has 162 valence electrons. The van der Waals surface area contributed by atoms with Gasteiger partial charge in [-0.15, -0.1) is 0 Å². The lowest BCUT2D eigenvalue weighted by Crippen LogP contribution is -2.41. The first-order valence-electron chi connectivity index (χ1n) is 10.5. The van der Waals surface area contributed by atoms with Gasteiger partial charge in [0, 0.05) is 17.4 Å². The molecule has 3 aromatic rings. The van der Waals surface area contributed by atoms with Crippen molar-refractivity contribution in [2.75, 3.05) is 19.8 Å². The Kier molecular flexibility index (Phi) is 7.02. The summed E-state index contributed by atoms with van der Waals surface area (Å²) in [6.45, 7) is 0.909. The van der Waals surface area contributed by atoms with Crippen LogP contribution in [0.4, 0.5) is 4.79 Å². The largest absolute Gasteiger partial charge is 0.449 e. The molecule has 0 saturated carbocycles. The Labute approximate surface area is 186 Å². The minimum atomic E-state index is -0.562. The van der Waals surface area contributed by atoms with E-state index < -0.39 is 12.1 Å². The Morgan fingerprint density at radius 2 is 1.59 bits per heavy atom. The third-order valence-corrected chi connectivity index (χ3v) is 5.46. The number of carbonyl (C=O) groups is 1. The summed E-state index contributed by atoms with van der Waals surface area (Å²) >= 11 is 0. The molecule has 1 atom stereocenters. The van der Waals surface area contributed by atoms with Gasteiger partial charge in [-0.1, -0.05) is 84.0 Å². The van der Waals surface area contributed by atoms with Gasteiger partial charge in [-0.05, 0) is 33.3 Å². The van der Waals surface area contributed by atoms with E-state index in [1.54, 1.807) is 0 Å². The summed E-state index contributed by atoms with van der Waals surface area (Å²) in [6, 6.07) is 25.6. The Hall–Kier alpha value is -3.80. The molecule has 0 unspecified atom stereocenters. The van der Waals surface area contributed by atoms with Gasteiger partial charge in [0.05, 0.1) is 19.3 Å². The number of nitrogens with one attached hydrogen (secondary N) is 1. The smallest absolute Gasteiger partial charge is 0.407 e. The molecule has 0 aromatic heterocycles. The van der Waals surface area contributed by atoms with Crippen molar-refractivity contribution in [3.63, 3.8) is 0 Å². The van der Waals surface area contributed by atoms with E-state index in [4.69, 9.17) is 15.0 Å². The Bertz CT molecular complexity index is 1070. The van der Waals surface area contributed by atoms with Crippen LogP contribution in [0.25, 0.3) is 21.6 Å². The fourth-order valence-electron chi connectivity index (χ4n) is 3.98. The second-order valence-corrected chi connectivity index (χ2v) is 7.58. The quantitative estimate of drug-likeness (QED) is 0.280. The Morgan fingerprint density at radius 1 is 0.969 bits per heavy atom. The topological polar surface area (TPSA) is 96.3 Å². The predicted octanol–water partition coefficient (Wildman–Crippen LogP) is 5.42. The van der Waals surface area contributed by atoms with Crippen LogP contribution in [0, 0.1) is 0 Å². The summed E-state index contributed by atoms with van der Waals surface area (Å²) in [7, 11) is 0. The number of hydrogen-bond donors (Lipinski definition) is 1. The fourth-order valence-corrected chi connectivity index (χ4v) is 3.98. The Morgan fingerprint density at radius 3 is 2.25 bits per heavy atom. The van der Waals surface area contributed by atoms with Gasteiger partial charge < -0.3 is 14.8 Å². The van der Waals surface area contributed by atoms with Gasteiger partial charge in [0.15, 0.2) is 0 Å². The van der Waals surface area contributed by atoms with Gasteiger partial charge >= 0.3 is 6.09 Å². The van der Waals surface area contributed by atoms with E-state index in [2.05, 4.69) is 39.6 Å². The van der Waals surface area contributed by atoms with Gasteiger partial charge in [-0.3, -0.25) is 0 Å². The SMILES string of the molecule is [N-]=[N+]=NC[C@H](COCc1ccccc1)NC(=O)OCC1c2ccccc2-c2ccccc21. The lowest BCUT2D eigenvalue weighted by atomic mass is 9.98. The van der Waals surface area contributed by atoms with E-state index in [0.717, 1.165) is 16.7 Å². The van der Waals surface area contributed by atoms with E-state index in [9.17, 15) is 4.79 Å². The number of benzene rings is 3. The first-order chi connectivity index (χ1) is 15.8. The van der Waals surface area contributed by atoms with Gasteiger partial charge in [0.25, 0.3) is 0 Å². The summed E-state index contributed by atoms with van der Waals surface area (Å²) in [5.41, 5.74) is 14.3. The first kappa shape index (κ1) is 21.4. The number of fused-ring (bicyclic) bond motifs is 3. The van der Waals surface area contributed by atoms with Gasteiger partial charge in [-0.25, -0.2) is 4.79 Å². The number of amides is 1. The molecule has 0 heterocycles. The molecule has 0 saturated heterocycles. The van der Waals surface area contributed by atoms with Crippen molar-refractivity contribution in [3.8, 4) is 11.1 Å². The van der Waals surface area contributed by atoms with Crippen LogP contribution in [0.5, 0.6) is 0 Å². The zero-order valence-electron chi connectivity index (χ0n) is 17.6. The molecule has 1 aliphatic rings. The molecule has 0 spiro atoms. The molecule has 0 aliphatic heterocycles. The van der Waals surface area contributed by atoms with Gasteiger partial charge in [0.1, 0.15) is 6.61 Å². The van der Waals surface area contributed by atoms with Crippen LogP contribution in [0.1, 0.15) is 22.6 Å². The molecule has 1 N–H and O–H groups in total. The van der Waals surface area contributed by atoms with E-state index >= 15 is 0 Å². The minimum absolute atomic E-state index is 0.0157. The number of rotatable bonds is 9. The second kappa shape index (κ2) is 10.5. The molecule has 0 radical (unpaired) electrons. The van der Waals surface area contributed by atoms with Crippen molar-refractivity contribution in [2.24, 2.45) is 5.11 Å².